The van der Waals surface area contributed by atoms with Crippen LogP contribution in [0.15, 0.2) is 17.3 Å². The molecule has 0 bridgehead atoms. The minimum absolute atomic E-state index is 0.0541. The van der Waals surface area contributed by atoms with Crippen molar-refractivity contribution in [1.29, 1.82) is 0 Å². The van der Waals surface area contributed by atoms with Crippen molar-refractivity contribution in [1.82, 2.24) is 19.7 Å². The average molecular weight is 208 g/mol. The smallest absolute Gasteiger partial charge is 0.279 e. The van der Waals surface area contributed by atoms with E-state index >= 15 is 0 Å². The van der Waals surface area contributed by atoms with Gasteiger partial charge in [-0.15, -0.1) is 0 Å². The number of hydrogen-bond donors (Lipinski definition) is 1. The third kappa shape index (κ3) is 1.89. The number of nitrogens with one attached hydrogen (secondary N) is 1. The molecule has 0 fully saturated rings. The van der Waals surface area contributed by atoms with Gasteiger partial charge in [-0.2, -0.15) is 5.10 Å². The molecule has 1 N–H and O–H groups in total. The molecular weight excluding hydrogens is 196 g/mol. The highest BCUT2D eigenvalue weighted by atomic mass is 16.5. The van der Waals surface area contributed by atoms with E-state index in [1.54, 1.807) is 18.0 Å². The third-order valence-corrected chi connectivity index (χ3v) is 2.20. The van der Waals surface area contributed by atoms with E-state index in [4.69, 9.17) is 4.74 Å². The minimum atomic E-state index is -0.219. The number of H-pyrrole nitrogens is 1. The van der Waals surface area contributed by atoms with Crippen LogP contribution in [0.3, 0.4) is 0 Å². The lowest BCUT2D eigenvalue weighted by atomic mass is 10.4. The Hall–Kier alpha value is -1.69. The lowest BCUT2D eigenvalue weighted by Crippen LogP contribution is -2.15. The number of rotatable bonds is 3. The summed E-state index contributed by atoms with van der Waals surface area (Å²) < 4.78 is 6.78. The van der Waals surface area contributed by atoms with Gasteiger partial charge in [-0.3, -0.25) is 9.48 Å². The Bertz CT molecular complexity index is 516. The zero-order chi connectivity index (χ0) is 10.8. The molecule has 0 saturated carbocycles. The number of ether oxygens (including phenoxy) is 1. The van der Waals surface area contributed by atoms with E-state index in [0.717, 1.165) is 0 Å². The maximum atomic E-state index is 11.3. The second-order valence-corrected chi connectivity index (χ2v) is 3.36. The van der Waals surface area contributed by atoms with Crippen LogP contribution in [0.25, 0.3) is 11.0 Å². The van der Waals surface area contributed by atoms with Crippen molar-refractivity contribution >= 4 is 11.0 Å². The maximum Gasteiger partial charge on any atom is 0.279 e. The molecule has 0 aliphatic carbocycles. The summed E-state index contributed by atoms with van der Waals surface area (Å²) in [5.41, 5.74) is 0.742. The normalized spacial score (nSPS) is 13.2. The first-order chi connectivity index (χ1) is 7.20. The predicted molar refractivity (Wildman–Crippen MR) is 54.6 cm³/mol. The van der Waals surface area contributed by atoms with Crippen molar-refractivity contribution < 1.29 is 4.74 Å². The molecule has 6 heteroatoms. The van der Waals surface area contributed by atoms with Gasteiger partial charge in [0.05, 0.1) is 25.2 Å². The lowest BCUT2D eigenvalue weighted by molar-refractivity contribution is 0.100. The molecule has 80 valence electrons. The summed E-state index contributed by atoms with van der Waals surface area (Å²) in [7, 11) is 1.64. The van der Waals surface area contributed by atoms with Gasteiger partial charge in [0.2, 0.25) is 0 Å². The molecule has 6 nitrogen and oxygen atoms in total. The van der Waals surface area contributed by atoms with E-state index in [1.165, 1.54) is 6.33 Å². The Morgan fingerprint density at radius 2 is 2.47 bits per heavy atom. The van der Waals surface area contributed by atoms with Gasteiger partial charge in [-0.05, 0) is 6.92 Å². The van der Waals surface area contributed by atoms with Crippen LogP contribution in [0, 0.1) is 0 Å². The SMILES string of the molecule is CO[C@H](C)Cn1cc2nc[nH]c(=O)c2n1. The van der Waals surface area contributed by atoms with E-state index in [-0.39, 0.29) is 11.7 Å². The standard InChI is InChI=1S/C9H12N4O2/c1-6(15-2)3-13-4-7-8(12-13)9(14)11-5-10-7/h4-6H,3H2,1-2H3,(H,10,11,14)/t6-/m1/s1. The molecule has 2 aromatic heterocycles. The summed E-state index contributed by atoms with van der Waals surface area (Å²) in [5.74, 6) is 0. The van der Waals surface area contributed by atoms with Gasteiger partial charge in [-0.1, -0.05) is 0 Å². The molecule has 0 amide bonds. The van der Waals surface area contributed by atoms with Crippen molar-refractivity contribution in [3.8, 4) is 0 Å². The van der Waals surface area contributed by atoms with Crippen LogP contribution in [0.4, 0.5) is 0 Å². The van der Waals surface area contributed by atoms with Crippen molar-refractivity contribution in [2.24, 2.45) is 0 Å². The molecule has 2 rings (SSSR count). The van der Waals surface area contributed by atoms with Gasteiger partial charge in [0.1, 0.15) is 5.52 Å². The molecule has 2 aromatic rings. The van der Waals surface area contributed by atoms with Crippen LogP contribution in [-0.2, 0) is 11.3 Å². The highest BCUT2D eigenvalue weighted by molar-refractivity contribution is 5.71. The summed E-state index contributed by atoms with van der Waals surface area (Å²) >= 11 is 0. The topological polar surface area (TPSA) is 72.8 Å². The van der Waals surface area contributed by atoms with Crippen LogP contribution in [0.2, 0.25) is 0 Å². The summed E-state index contributed by atoms with van der Waals surface area (Å²) in [6, 6.07) is 0. The first-order valence-electron chi connectivity index (χ1n) is 4.64. The number of hydrogen-bond acceptors (Lipinski definition) is 4. The van der Waals surface area contributed by atoms with Crippen LogP contribution in [-0.4, -0.2) is 33.0 Å². The Morgan fingerprint density at radius 3 is 3.13 bits per heavy atom. The zero-order valence-electron chi connectivity index (χ0n) is 8.60. The highest BCUT2D eigenvalue weighted by Crippen LogP contribution is 2.03. The average Bonchev–Trinajstić information content (AvgIpc) is 2.62. The molecule has 0 unspecified atom stereocenters. The first kappa shape index (κ1) is 9.85. The van der Waals surface area contributed by atoms with Crippen molar-refractivity contribution in [3.63, 3.8) is 0 Å². The first-order valence-corrected chi connectivity index (χ1v) is 4.64. The van der Waals surface area contributed by atoms with E-state index in [1.807, 2.05) is 6.92 Å². The fourth-order valence-corrected chi connectivity index (χ4v) is 1.33. The molecule has 0 spiro atoms. The molecule has 0 aliphatic heterocycles. The Kier molecular flexibility index (Phi) is 2.51. The summed E-state index contributed by atoms with van der Waals surface area (Å²) in [6.07, 6.45) is 3.16. The van der Waals surface area contributed by atoms with Gasteiger partial charge in [0, 0.05) is 7.11 Å². The quantitative estimate of drug-likeness (QED) is 0.779. The second-order valence-electron chi connectivity index (χ2n) is 3.36. The van der Waals surface area contributed by atoms with Crippen LogP contribution in [0.5, 0.6) is 0 Å². The van der Waals surface area contributed by atoms with E-state index in [0.29, 0.717) is 17.6 Å². The van der Waals surface area contributed by atoms with Crippen molar-refractivity contribution in [2.75, 3.05) is 7.11 Å². The number of aromatic nitrogens is 4. The summed E-state index contributed by atoms with van der Waals surface area (Å²) in [6.45, 7) is 2.54. The molecule has 15 heavy (non-hydrogen) atoms. The van der Waals surface area contributed by atoms with Gasteiger partial charge in [0.25, 0.3) is 5.56 Å². The van der Waals surface area contributed by atoms with Crippen molar-refractivity contribution in [2.45, 2.75) is 19.6 Å². The largest absolute Gasteiger partial charge is 0.380 e. The van der Waals surface area contributed by atoms with Gasteiger partial charge >= 0.3 is 0 Å². The van der Waals surface area contributed by atoms with Crippen molar-refractivity contribution in [3.05, 3.63) is 22.9 Å². The third-order valence-electron chi connectivity index (χ3n) is 2.20. The summed E-state index contributed by atoms with van der Waals surface area (Å²) in [5, 5.41) is 4.13. The monoisotopic (exact) mass is 208 g/mol. The Balaban J connectivity index is 2.39. The molecule has 0 aromatic carbocycles. The molecule has 0 aliphatic rings. The van der Waals surface area contributed by atoms with Crippen LogP contribution >= 0.6 is 0 Å². The second kappa shape index (κ2) is 3.82. The van der Waals surface area contributed by atoms with E-state index in [2.05, 4.69) is 15.1 Å². The molecular formula is C9H12N4O2. The zero-order valence-corrected chi connectivity index (χ0v) is 8.60. The van der Waals surface area contributed by atoms with Gasteiger partial charge < -0.3 is 9.72 Å². The predicted octanol–water partition coefficient (Wildman–Crippen LogP) is 0.154. The lowest BCUT2D eigenvalue weighted by Gasteiger charge is -2.07. The molecule has 0 saturated heterocycles. The number of fused-ring (bicyclic) bond motifs is 1. The van der Waals surface area contributed by atoms with Gasteiger partial charge in [0.15, 0.2) is 5.52 Å². The van der Waals surface area contributed by atoms with Gasteiger partial charge in [-0.25, -0.2) is 4.98 Å². The van der Waals surface area contributed by atoms with E-state index < -0.39 is 0 Å². The molecule has 2 heterocycles. The van der Waals surface area contributed by atoms with E-state index in [9.17, 15) is 4.79 Å². The van der Waals surface area contributed by atoms with Crippen LogP contribution in [0.1, 0.15) is 6.92 Å². The fourth-order valence-electron chi connectivity index (χ4n) is 1.33. The highest BCUT2D eigenvalue weighted by Gasteiger charge is 2.07. The number of aromatic amines is 1. The fraction of sp³-hybridized carbons (Fsp3) is 0.444. The van der Waals surface area contributed by atoms with Crippen LogP contribution < -0.4 is 5.56 Å². The number of methoxy groups -OCH3 is 1. The number of nitrogens with zero attached hydrogens (tertiary/aromatic N) is 3. The minimum Gasteiger partial charge on any atom is -0.380 e. The molecule has 1 atom stereocenters. The molecule has 0 radical (unpaired) electrons. The Labute approximate surface area is 85.9 Å². The summed E-state index contributed by atoms with van der Waals surface area (Å²) in [4.78, 5) is 17.8. The Morgan fingerprint density at radius 1 is 1.67 bits per heavy atom. The maximum absolute atomic E-state index is 11.3.